The maximum atomic E-state index is 12.1. The number of hydrogen-bond acceptors (Lipinski definition) is 6. The van der Waals surface area contributed by atoms with Crippen molar-refractivity contribution in [1.82, 2.24) is 0 Å². The number of carbonyl (C=O) groups is 2. The van der Waals surface area contributed by atoms with Gasteiger partial charge in [-0.05, 0) is 31.5 Å². The molecular weight excluding hydrogens is 288 g/mol. The zero-order chi connectivity index (χ0) is 16.4. The minimum atomic E-state index is -0.599. The molecule has 0 unspecified atom stereocenters. The van der Waals surface area contributed by atoms with Crippen LogP contribution in [0, 0.1) is 13.8 Å². The van der Waals surface area contributed by atoms with Crippen molar-refractivity contribution in [3.63, 3.8) is 0 Å². The molecule has 0 fully saturated rings. The molecule has 0 amide bonds. The number of rotatable bonds is 3. The van der Waals surface area contributed by atoms with Gasteiger partial charge in [-0.1, -0.05) is 0 Å². The van der Waals surface area contributed by atoms with E-state index in [1.807, 2.05) is 0 Å². The van der Waals surface area contributed by atoms with Crippen LogP contribution in [-0.2, 0) is 20.7 Å². The molecule has 0 aliphatic heterocycles. The zero-order valence-corrected chi connectivity index (χ0v) is 12.8. The summed E-state index contributed by atoms with van der Waals surface area (Å²) in [4.78, 5) is 34.6. The van der Waals surface area contributed by atoms with E-state index in [0.29, 0.717) is 27.8 Å². The number of hydrogen-bond donors (Lipinski definition) is 0. The highest BCUT2D eigenvalue weighted by Gasteiger charge is 2.18. The van der Waals surface area contributed by atoms with E-state index < -0.39 is 17.6 Å². The van der Waals surface area contributed by atoms with Crippen LogP contribution in [0.5, 0.6) is 5.75 Å². The van der Waals surface area contributed by atoms with Crippen LogP contribution in [0.1, 0.15) is 23.6 Å². The fraction of sp³-hybridized carbons (Fsp3) is 0.312. The minimum absolute atomic E-state index is 0.147. The monoisotopic (exact) mass is 304 g/mol. The van der Waals surface area contributed by atoms with Gasteiger partial charge in [-0.3, -0.25) is 9.59 Å². The summed E-state index contributed by atoms with van der Waals surface area (Å²) in [5, 5.41) is 0.687. The molecule has 2 rings (SSSR count). The summed E-state index contributed by atoms with van der Waals surface area (Å²) in [6, 6.07) is 3.33. The van der Waals surface area contributed by atoms with Crippen LogP contribution < -0.4 is 10.4 Å². The van der Waals surface area contributed by atoms with Crippen molar-refractivity contribution in [2.24, 2.45) is 0 Å². The van der Waals surface area contributed by atoms with Gasteiger partial charge in [-0.15, -0.1) is 0 Å². The van der Waals surface area contributed by atoms with Crippen LogP contribution in [0.3, 0.4) is 0 Å². The highest BCUT2D eigenvalue weighted by Crippen LogP contribution is 2.29. The van der Waals surface area contributed by atoms with Gasteiger partial charge >= 0.3 is 17.6 Å². The molecule has 0 aliphatic rings. The molecule has 0 saturated heterocycles. The van der Waals surface area contributed by atoms with Gasteiger partial charge in [-0.2, -0.15) is 0 Å². The van der Waals surface area contributed by atoms with Crippen molar-refractivity contribution in [3.05, 3.63) is 39.2 Å². The molecule has 22 heavy (non-hydrogen) atoms. The summed E-state index contributed by atoms with van der Waals surface area (Å²) in [6.07, 6.45) is -0.147. The van der Waals surface area contributed by atoms with Crippen LogP contribution in [0.15, 0.2) is 21.3 Å². The van der Waals surface area contributed by atoms with Crippen LogP contribution in [0.25, 0.3) is 11.0 Å². The molecule has 6 nitrogen and oxygen atoms in total. The van der Waals surface area contributed by atoms with Gasteiger partial charge in [0.05, 0.1) is 19.1 Å². The number of carbonyl (C=O) groups excluding carboxylic acids is 2. The smallest absolute Gasteiger partial charge is 0.340 e. The van der Waals surface area contributed by atoms with E-state index in [1.165, 1.54) is 14.0 Å². The molecule has 0 atom stereocenters. The third-order valence-corrected chi connectivity index (χ3v) is 3.46. The molecule has 1 heterocycles. The maximum absolute atomic E-state index is 12.1. The first-order valence-electron chi connectivity index (χ1n) is 6.66. The molecule has 6 heteroatoms. The molecule has 0 aliphatic carbocycles. The third kappa shape index (κ3) is 2.86. The second kappa shape index (κ2) is 6.01. The second-order valence-electron chi connectivity index (χ2n) is 4.91. The van der Waals surface area contributed by atoms with Gasteiger partial charge in [0.2, 0.25) is 0 Å². The Morgan fingerprint density at radius 3 is 2.45 bits per heavy atom. The number of aryl methyl sites for hydroxylation is 2. The standard InChI is InChI=1S/C16H16O6/c1-8-11-5-6-13(21-10(3)17)9(2)15(11)22-16(19)12(8)7-14(18)20-4/h5-6H,7H2,1-4H3. The lowest BCUT2D eigenvalue weighted by atomic mass is 10.0. The number of esters is 2. The van der Waals surface area contributed by atoms with Gasteiger partial charge in [0, 0.05) is 17.9 Å². The van der Waals surface area contributed by atoms with Gasteiger partial charge < -0.3 is 13.9 Å². The summed E-state index contributed by atoms with van der Waals surface area (Å²) >= 11 is 0. The summed E-state index contributed by atoms with van der Waals surface area (Å²) in [7, 11) is 1.26. The molecule has 0 saturated carbocycles. The maximum Gasteiger partial charge on any atom is 0.340 e. The van der Waals surface area contributed by atoms with Gasteiger partial charge in [0.15, 0.2) is 0 Å². The van der Waals surface area contributed by atoms with E-state index in [2.05, 4.69) is 4.74 Å². The number of methoxy groups -OCH3 is 1. The Morgan fingerprint density at radius 2 is 1.86 bits per heavy atom. The summed E-state index contributed by atoms with van der Waals surface area (Å²) in [5.41, 5.74) is 1.21. The van der Waals surface area contributed by atoms with Gasteiger partial charge in [0.1, 0.15) is 11.3 Å². The van der Waals surface area contributed by atoms with E-state index in [9.17, 15) is 14.4 Å². The van der Waals surface area contributed by atoms with E-state index in [-0.39, 0.29) is 12.0 Å². The number of benzene rings is 1. The molecule has 1 aromatic carbocycles. The lowest BCUT2D eigenvalue weighted by Crippen LogP contribution is -2.16. The van der Waals surface area contributed by atoms with Crippen molar-refractivity contribution in [3.8, 4) is 5.75 Å². The molecule has 2 aromatic rings. The molecule has 0 bridgehead atoms. The van der Waals surface area contributed by atoms with Crippen molar-refractivity contribution < 1.29 is 23.5 Å². The largest absolute Gasteiger partial charge is 0.469 e. The fourth-order valence-electron chi connectivity index (χ4n) is 2.26. The summed E-state index contributed by atoms with van der Waals surface area (Å²) in [5.74, 6) is -0.630. The van der Waals surface area contributed by atoms with Crippen LogP contribution in [0.4, 0.5) is 0 Å². The molecule has 0 N–H and O–H groups in total. The van der Waals surface area contributed by atoms with E-state index in [0.717, 1.165) is 0 Å². The van der Waals surface area contributed by atoms with Crippen molar-refractivity contribution in [2.45, 2.75) is 27.2 Å². The first-order valence-corrected chi connectivity index (χ1v) is 6.66. The van der Waals surface area contributed by atoms with Crippen LogP contribution in [-0.4, -0.2) is 19.0 Å². The lowest BCUT2D eigenvalue weighted by Gasteiger charge is -2.11. The molecule has 0 radical (unpaired) electrons. The Morgan fingerprint density at radius 1 is 1.18 bits per heavy atom. The topological polar surface area (TPSA) is 82.8 Å². The Labute approximate surface area is 126 Å². The van der Waals surface area contributed by atoms with Crippen LogP contribution in [0.2, 0.25) is 0 Å². The van der Waals surface area contributed by atoms with Gasteiger partial charge in [0.25, 0.3) is 0 Å². The number of ether oxygens (including phenoxy) is 2. The first-order chi connectivity index (χ1) is 10.3. The Kier molecular flexibility index (Phi) is 4.30. The minimum Gasteiger partial charge on any atom is -0.469 e. The summed E-state index contributed by atoms with van der Waals surface area (Å²) < 4.78 is 15.0. The fourth-order valence-corrected chi connectivity index (χ4v) is 2.26. The summed E-state index contributed by atoms with van der Waals surface area (Å²) in [6.45, 7) is 4.73. The Balaban J connectivity index is 2.65. The lowest BCUT2D eigenvalue weighted by molar-refractivity contribution is -0.139. The molecule has 1 aromatic heterocycles. The van der Waals surface area contributed by atoms with Gasteiger partial charge in [-0.25, -0.2) is 4.79 Å². The molecule has 116 valence electrons. The predicted octanol–water partition coefficient (Wildman–Crippen LogP) is 2.05. The van der Waals surface area contributed by atoms with E-state index in [1.54, 1.807) is 26.0 Å². The van der Waals surface area contributed by atoms with Crippen LogP contribution >= 0.6 is 0 Å². The zero-order valence-electron chi connectivity index (χ0n) is 12.8. The van der Waals surface area contributed by atoms with E-state index in [4.69, 9.17) is 9.15 Å². The average Bonchev–Trinajstić information content (AvgIpc) is 2.46. The quantitative estimate of drug-likeness (QED) is 0.490. The second-order valence-corrected chi connectivity index (χ2v) is 4.91. The molecule has 0 spiro atoms. The first kappa shape index (κ1) is 15.8. The number of fused-ring (bicyclic) bond motifs is 1. The highest BCUT2D eigenvalue weighted by atomic mass is 16.5. The average molecular weight is 304 g/mol. The van der Waals surface area contributed by atoms with Crippen molar-refractivity contribution in [2.75, 3.05) is 7.11 Å². The predicted molar refractivity (Wildman–Crippen MR) is 79.0 cm³/mol. The molecular formula is C16H16O6. The van der Waals surface area contributed by atoms with E-state index >= 15 is 0 Å². The normalized spacial score (nSPS) is 10.5. The Hall–Kier alpha value is -2.63. The van der Waals surface area contributed by atoms with Crippen molar-refractivity contribution >= 4 is 22.9 Å². The highest BCUT2D eigenvalue weighted by molar-refractivity contribution is 5.87. The SMILES string of the molecule is COC(=O)Cc1c(C)c2ccc(OC(C)=O)c(C)c2oc1=O. The Bertz CT molecular complexity index is 815. The van der Waals surface area contributed by atoms with Crippen molar-refractivity contribution in [1.29, 1.82) is 0 Å². The third-order valence-electron chi connectivity index (χ3n) is 3.46.